The Balaban J connectivity index is 1.85. The Labute approximate surface area is 144 Å². The fraction of sp³-hybridized carbons (Fsp3) is 0.588. The minimum Gasteiger partial charge on any atom is -0.326 e. The maximum atomic E-state index is 12.1. The summed E-state index contributed by atoms with van der Waals surface area (Å²) in [4.78, 5) is 12.2. The van der Waals surface area contributed by atoms with Crippen LogP contribution in [-0.4, -0.2) is 33.5 Å². The normalized spacial score (nSPS) is 16.3. The molecular formula is C17H27N3O3S. The van der Waals surface area contributed by atoms with E-state index in [2.05, 4.69) is 15.4 Å². The van der Waals surface area contributed by atoms with E-state index in [0.717, 1.165) is 32.4 Å². The van der Waals surface area contributed by atoms with E-state index in [1.807, 2.05) is 0 Å². The zero-order valence-corrected chi connectivity index (χ0v) is 15.2. The molecule has 1 aliphatic rings. The van der Waals surface area contributed by atoms with Crippen molar-refractivity contribution in [1.82, 2.24) is 10.0 Å². The summed E-state index contributed by atoms with van der Waals surface area (Å²) in [7, 11) is -3.50. The van der Waals surface area contributed by atoms with E-state index in [1.54, 1.807) is 26.0 Å². The highest BCUT2D eigenvalue weighted by Gasteiger charge is 2.16. The standard InChI is InChI=1S/C17H27N3O3S/c1-13(2)20-24(22,23)16-6-4-15(5-7-16)19-17(21)8-3-14-9-11-18-12-10-14/h4-7,13-14,18,20H,3,8-12H2,1-2H3,(H,19,21). The molecule has 1 aromatic rings. The number of piperidine rings is 1. The summed E-state index contributed by atoms with van der Waals surface area (Å²) in [5.74, 6) is 0.594. The van der Waals surface area contributed by atoms with Gasteiger partial charge in [-0.1, -0.05) is 0 Å². The van der Waals surface area contributed by atoms with Gasteiger partial charge < -0.3 is 10.6 Å². The van der Waals surface area contributed by atoms with Gasteiger partial charge in [-0.3, -0.25) is 4.79 Å². The van der Waals surface area contributed by atoms with Crippen molar-refractivity contribution in [2.45, 2.75) is 50.5 Å². The maximum absolute atomic E-state index is 12.1. The molecule has 0 aliphatic carbocycles. The van der Waals surface area contributed by atoms with Crippen LogP contribution in [0.25, 0.3) is 0 Å². The minimum atomic E-state index is -3.50. The van der Waals surface area contributed by atoms with Crippen molar-refractivity contribution in [1.29, 1.82) is 0 Å². The fourth-order valence-electron chi connectivity index (χ4n) is 2.82. The van der Waals surface area contributed by atoms with Gasteiger partial charge in [-0.05, 0) is 76.4 Å². The average molecular weight is 353 g/mol. The van der Waals surface area contributed by atoms with Crippen molar-refractivity contribution in [2.75, 3.05) is 18.4 Å². The summed E-state index contributed by atoms with van der Waals surface area (Å²) in [6, 6.07) is 6.10. The first-order valence-electron chi connectivity index (χ1n) is 8.50. The lowest BCUT2D eigenvalue weighted by Crippen LogP contribution is -2.30. The lowest BCUT2D eigenvalue weighted by Gasteiger charge is -2.22. The summed E-state index contributed by atoms with van der Waals surface area (Å²) >= 11 is 0. The Bertz CT molecular complexity index is 636. The summed E-state index contributed by atoms with van der Waals surface area (Å²) in [6.45, 7) is 5.61. The quantitative estimate of drug-likeness (QED) is 0.700. The van der Waals surface area contributed by atoms with Crippen molar-refractivity contribution in [3.05, 3.63) is 24.3 Å². The van der Waals surface area contributed by atoms with Crippen molar-refractivity contribution in [3.63, 3.8) is 0 Å². The molecule has 1 heterocycles. The summed E-state index contributed by atoms with van der Waals surface area (Å²) in [5, 5.41) is 6.15. The molecule has 1 aromatic carbocycles. The molecule has 0 saturated carbocycles. The van der Waals surface area contributed by atoms with Gasteiger partial charge >= 0.3 is 0 Å². The largest absolute Gasteiger partial charge is 0.326 e. The summed E-state index contributed by atoms with van der Waals surface area (Å²) < 4.78 is 26.6. The van der Waals surface area contributed by atoms with Gasteiger partial charge in [-0.15, -0.1) is 0 Å². The number of carbonyl (C=O) groups is 1. The summed E-state index contributed by atoms with van der Waals surface area (Å²) in [5.41, 5.74) is 0.619. The van der Waals surface area contributed by atoms with Crippen LogP contribution in [0.4, 0.5) is 5.69 Å². The number of sulfonamides is 1. The molecule has 24 heavy (non-hydrogen) atoms. The van der Waals surface area contributed by atoms with Crippen molar-refractivity contribution >= 4 is 21.6 Å². The van der Waals surface area contributed by atoms with E-state index >= 15 is 0 Å². The van der Waals surface area contributed by atoms with Crippen molar-refractivity contribution < 1.29 is 13.2 Å². The topological polar surface area (TPSA) is 87.3 Å². The molecule has 134 valence electrons. The van der Waals surface area contributed by atoms with Crippen LogP contribution >= 0.6 is 0 Å². The first-order chi connectivity index (χ1) is 11.4. The van der Waals surface area contributed by atoms with Gasteiger partial charge in [-0.2, -0.15) is 0 Å². The molecule has 0 aromatic heterocycles. The van der Waals surface area contributed by atoms with Crippen LogP contribution in [0.15, 0.2) is 29.2 Å². The average Bonchev–Trinajstić information content (AvgIpc) is 2.53. The van der Waals surface area contributed by atoms with E-state index in [0.29, 0.717) is 18.0 Å². The van der Waals surface area contributed by atoms with Gasteiger partial charge in [0.05, 0.1) is 4.90 Å². The Hall–Kier alpha value is -1.44. The van der Waals surface area contributed by atoms with Gasteiger partial charge in [0, 0.05) is 18.2 Å². The first kappa shape index (κ1) is 18.9. The molecule has 1 fully saturated rings. The van der Waals surface area contributed by atoms with E-state index < -0.39 is 10.0 Å². The number of hydrogen-bond acceptors (Lipinski definition) is 4. The molecule has 7 heteroatoms. The van der Waals surface area contributed by atoms with E-state index in [-0.39, 0.29) is 16.8 Å². The van der Waals surface area contributed by atoms with E-state index in [9.17, 15) is 13.2 Å². The van der Waals surface area contributed by atoms with Crippen LogP contribution in [0.3, 0.4) is 0 Å². The molecule has 2 rings (SSSR count). The molecule has 0 bridgehead atoms. The highest BCUT2D eigenvalue weighted by molar-refractivity contribution is 7.89. The smallest absolute Gasteiger partial charge is 0.240 e. The number of hydrogen-bond donors (Lipinski definition) is 3. The zero-order chi connectivity index (χ0) is 17.6. The van der Waals surface area contributed by atoms with Crippen LogP contribution in [0.2, 0.25) is 0 Å². The number of carbonyl (C=O) groups excluding carboxylic acids is 1. The highest BCUT2D eigenvalue weighted by Crippen LogP contribution is 2.19. The lowest BCUT2D eigenvalue weighted by molar-refractivity contribution is -0.116. The monoisotopic (exact) mass is 353 g/mol. The predicted octanol–water partition coefficient (Wildman–Crippen LogP) is 2.09. The van der Waals surface area contributed by atoms with Crippen LogP contribution < -0.4 is 15.4 Å². The van der Waals surface area contributed by atoms with Gasteiger partial charge in [0.2, 0.25) is 15.9 Å². The third kappa shape index (κ3) is 5.89. The second-order valence-electron chi connectivity index (χ2n) is 6.58. The Morgan fingerprint density at radius 2 is 1.83 bits per heavy atom. The van der Waals surface area contributed by atoms with Gasteiger partial charge in [-0.25, -0.2) is 13.1 Å². The minimum absolute atomic E-state index is 0.0237. The lowest BCUT2D eigenvalue weighted by atomic mass is 9.93. The summed E-state index contributed by atoms with van der Waals surface area (Å²) in [6.07, 6.45) is 3.66. The molecule has 0 radical (unpaired) electrons. The Kier molecular flexibility index (Phi) is 6.77. The third-order valence-electron chi connectivity index (χ3n) is 4.08. The van der Waals surface area contributed by atoms with Gasteiger partial charge in [0.25, 0.3) is 0 Å². The highest BCUT2D eigenvalue weighted by atomic mass is 32.2. The predicted molar refractivity (Wildman–Crippen MR) is 95.4 cm³/mol. The zero-order valence-electron chi connectivity index (χ0n) is 14.3. The van der Waals surface area contributed by atoms with Crippen molar-refractivity contribution in [2.24, 2.45) is 5.92 Å². The Morgan fingerprint density at radius 3 is 2.42 bits per heavy atom. The molecule has 0 spiro atoms. The van der Waals surface area contributed by atoms with E-state index in [1.165, 1.54) is 12.1 Å². The number of nitrogens with one attached hydrogen (secondary N) is 3. The van der Waals surface area contributed by atoms with Gasteiger partial charge in [0.1, 0.15) is 0 Å². The molecule has 1 amide bonds. The molecule has 0 unspecified atom stereocenters. The third-order valence-corrected chi connectivity index (χ3v) is 5.75. The molecular weight excluding hydrogens is 326 g/mol. The molecule has 6 nitrogen and oxygen atoms in total. The maximum Gasteiger partial charge on any atom is 0.240 e. The number of benzene rings is 1. The molecule has 1 aliphatic heterocycles. The van der Waals surface area contributed by atoms with Crippen LogP contribution in [0.1, 0.15) is 39.5 Å². The molecule has 3 N–H and O–H groups in total. The molecule has 1 saturated heterocycles. The van der Waals surface area contributed by atoms with Crippen molar-refractivity contribution in [3.8, 4) is 0 Å². The number of amides is 1. The second-order valence-corrected chi connectivity index (χ2v) is 8.29. The van der Waals surface area contributed by atoms with E-state index in [4.69, 9.17) is 0 Å². The SMILES string of the molecule is CC(C)NS(=O)(=O)c1ccc(NC(=O)CCC2CCNCC2)cc1. The Morgan fingerprint density at radius 1 is 1.21 bits per heavy atom. The van der Waals surface area contributed by atoms with Crippen LogP contribution in [0.5, 0.6) is 0 Å². The number of rotatable bonds is 7. The van der Waals surface area contributed by atoms with Crippen LogP contribution in [-0.2, 0) is 14.8 Å². The van der Waals surface area contributed by atoms with Crippen LogP contribution in [0, 0.1) is 5.92 Å². The molecule has 0 atom stereocenters. The first-order valence-corrected chi connectivity index (χ1v) is 9.98. The van der Waals surface area contributed by atoms with Gasteiger partial charge in [0.15, 0.2) is 0 Å². The fourth-order valence-corrected chi connectivity index (χ4v) is 4.08. The number of anilines is 1. The second kappa shape index (κ2) is 8.60.